The molecule has 1 aromatic heterocycles. The summed E-state index contributed by atoms with van der Waals surface area (Å²) in [6.07, 6.45) is 2.90. The van der Waals surface area contributed by atoms with Crippen LogP contribution in [0, 0.1) is 5.82 Å². The fourth-order valence-corrected chi connectivity index (χ4v) is 1.53. The number of benzene rings is 1. The molecule has 88 valence electrons. The molecule has 3 nitrogen and oxygen atoms in total. The number of nitrogens with zero attached hydrogens (tertiary/aromatic N) is 1. The van der Waals surface area contributed by atoms with Gasteiger partial charge in [0.2, 0.25) is 0 Å². The Hall–Kier alpha value is -1.78. The quantitative estimate of drug-likeness (QED) is 0.760. The molecule has 1 heterocycles. The zero-order valence-corrected chi connectivity index (χ0v) is 9.81. The Kier molecular flexibility index (Phi) is 3.47. The maximum absolute atomic E-state index is 13.7. The van der Waals surface area contributed by atoms with Gasteiger partial charge in [-0.3, -0.25) is 0 Å². The van der Waals surface area contributed by atoms with E-state index in [1.54, 1.807) is 18.3 Å². The van der Waals surface area contributed by atoms with Crippen LogP contribution in [-0.2, 0) is 6.61 Å². The van der Waals surface area contributed by atoms with Gasteiger partial charge in [-0.15, -0.1) is 0 Å². The molecule has 2 rings (SSSR count). The summed E-state index contributed by atoms with van der Waals surface area (Å²) >= 11 is 0. The first-order chi connectivity index (χ1) is 8.16. The van der Waals surface area contributed by atoms with Crippen molar-refractivity contribution in [2.45, 2.75) is 20.3 Å². The molecule has 0 N–H and O–H groups in total. The van der Waals surface area contributed by atoms with E-state index in [4.69, 9.17) is 9.15 Å². The predicted molar refractivity (Wildman–Crippen MR) is 64.4 cm³/mol. The van der Waals surface area contributed by atoms with Gasteiger partial charge in [-0.05, 0) is 11.5 Å². The van der Waals surface area contributed by atoms with Crippen LogP contribution >= 0.6 is 0 Å². The molecule has 0 spiro atoms. The third kappa shape index (κ3) is 2.87. The van der Waals surface area contributed by atoms with Gasteiger partial charge in [-0.2, -0.15) is 0 Å². The van der Waals surface area contributed by atoms with Crippen molar-refractivity contribution in [2.75, 3.05) is 0 Å². The summed E-state index contributed by atoms with van der Waals surface area (Å²) in [4.78, 5) is 3.77. The third-order valence-corrected chi connectivity index (χ3v) is 2.46. The Balaban J connectivity index is 2.05. The summed E-state index contributed by atoms with van der Waals surface area (Å²) in [6.45, 7) is 4.32. The van der Waals surface area contributed by atoms with E-state index in [-0.39, 0.29) is 19.1 Å². The van der Waals surface area contributed by atoms with Crippen molar-refractivity contribution in [1.82, 2.24) is 4.98 Å². The second kappa shape index (κ2) is 5.04. The first-order valence-corrected chi connectivity index (χ1v) is 5.46. The van der Waals surface area contributed by atoms with Crippen molar-refractivity contribution in [3.05, 3.63) is 42.4 Å². The molecule has 0 unspecified atom stereocenters. The highest BCUT2D eigenvalue weighted by Gasteiger charge is 2.10. The molecule has 0 atom stereocenters. The number of rotatable bonds is 4. The van der Waals surface area contributed by atoms with Gasteiger partial charge in [0.05, 0.1) is 6.20 Å². The van der Waals surface area contributed by atoms with Crippen molar-refractivity contribution in [3.8, 4) is 5.75 Å². The minimum absolute atomic E-state index is 0.165. The summed E-state index contributed by atoms with van der Waals surface area (Å²) in [7, 11) is 0. The molecule has 0 saturated heterocycles. The van der Waals surface area contributed by atoms with E-state index < -0.39 is 0 Å². The van der Waals surface area contributed by atoms with Crippen LogP contribution in [0.1, 0.15) is 5.76 Å². The number of ether oxygens (including phenoxy) is 1. The first kappa shape index (κ1) is 11.7. The zero-order chi connectivity index (χ0) is 12.3. The first-order valence-electron chi connectivity index (χ1n) is 5.46. The summed E-state index contributed by atoms with van der Waals surface area (Å²) in [5.41, 5.74) is 0.692. The van der Waals surface area contributed by atoms with E-state index in [2.05, 4.69) is 4.98 Å². The molecule has 0 bridgehead atoms. The third-order valence-electron chi connectivity index (χ3n) is 2.46. The van der Waals surface area contributed by atoms with Gasteiger partial charge in [-0.1, -0.05) is 19.7 Å². The van der Waals surface area contributed by atoms with Gasteiger partial charge < -0.3 is 9.15 Å². The van der Waals surface area contributed by atoms with Gasteiger partial charge in [0, 0.05) is 6.07 Å². The Morgan fingerprint density at radius 3 is 2.82 bits per heavy atom. The highest BCUT2D eigenvalue weighted by molar-refractivity contribution is 6.70. The normalized spacial score (nSPS) is 10.3. The molecular formula is C12H13BFNO2. The number of halogens is 1. The van der Waals surface area contributed by atoms with Crippen LogP contribution < -0.4 is 10.2 Å². The van der Waals surface area contributed by atoms with Crippen LogP contribution in [0.25, 0.3) is 0 Å². The summed E-state index contributed by atoms with van der Waals surface area (Å²) < 4.78 is 24.1. The minimum atomic E-state index is -0.241. The standard InChI is InChI=1S/C12H13BFNO2/c1-13(2)11-4-3-9(5-12(11)14)16-7-10-6-15-8-17-10/h3-6,8H,7H2,1-2H3. The SMILES string of the molecule is CB(C)c1ccc(OCc2cnco2)cc1F. The van der Waals surface area contributed by atoms with Crippen LogP contribution in [0.5, 0.6) is 5.75 Å². The van der Waals surface area contributed by atoms with Crippen LogP contribution in [0.3, 0.4) is 0 Å². The van der Waals surface area contributed by atoms with E-state index >= 15 is 0 Å². The average molecular weight is 233 g/mol. The van der Waals surface area contributed by atoms with Crippen LogP contribution in [0.4, 0.5) is 4.39 Å². The molecule has 0 fully saturated rings. The molecule has 1 aromatic carbocycles. The molecule has 0 aliphatic heterocycles. The molecule has 0 radical (unpaired) electrons. The van der Waals surface area contributed by atoms with Gasteiger partial charge in [0.15, 0.2) is 18.9 Å². The maximum Gasteiger partial charge on any atom is 0.181 e. The monoisotopic (exact) mass is 233 g/mol. The lowest BCUT2D eigenvalue weighted by Crippen LogP contribution is -2.25. The van der Waals surface area contributed by atoms with Crippen molar-refractivity contribution in [1.29, 1.82) is 0 Å². The molecular weight excluding hydrogens is 220 g/mol. The van der Waals surface area contributed by atoms with Crippen LogP contribution in [-0.4, -0.2) is 11.7 Å². The van der Waals surface area contributed by atoms with E-state index in [1.807, 2.05) is 13.6 Å². The molecule has 0 aliphatic carbocycles. The Labute approximate surface area is 99.7 Å². The van der Waals surface area contributed by atoms with Crippen molar-refractivity contribution in [3.63, 3.8) is 0 Å². The zero-order valence-electron chi connectivity index (χ0n) is 9.81. The van der Waals surface area contributed by atoms with Crippen molar-refractivity contribution < 1.29 is 13.5 Å². The van der Waals surface area contributed by atoms with E-state index in [0.29, 0.717) is 17.0 Å². The van der Waals surface area contributed by atoms with Crippen LogP contribution in [0.15, 0.2) is 35.2 Å². The lowest BCUT2D eigenvalue weighted by atomic mass is 9.49. The highest BCUT2D eigenvalue weighted by atomic mass is 19.1. The second-order valence-electron chi connectivity index (χ2n) is 4.09. The number of oxazole rings is 1. The van der Waals surface area contributed by atoms with Crippen LogP contribution in [0.2, 0.25) is 13.6 Å². The Morgan fingerprint density at radius 2 is 2.24 bits per heavy atom. The molecule has 0 amide bonds. The average Bonchev–Trinajstić information content (AvgIpc) is 2.78. The maximum atomic E-state index is 13.7. The fourth-order valence-electron chi connectivity index (χ4n) is 1.53. The number of hydrogen-bond donors (Lipinski definition) is 0. The second-order valence-corrected chi connectivity index (χ2v) is 4.09. The summed E-state index contributed by atoms with van der Waals surface area (Å²) in [5.74, 6) is 0.858. The fraction of sp³-hybridized carbons (Fsp3) is 0.250. The number of aromatic nitrogens is 1. The van der Waals surface area contributed by atoms with Gasteiger partial charge in [0.25, 0.3) is 0 Å². The molecule has 0 saturated carbocycles. The van der Waals surface area contributed by atoms with Gasteiger partial charge in [-0.25, -0.2) is 9.37 Å². The topological polar surface area (TPSA) is 35.3 Å². The molecule has 2 aromatic rings. The van der Waals surface area contributed by atoms with E-state index in [0.717, 1.165) is 0 Å². The van der Waals surface area contributed by atoms with Crippen molar-refractivity contribution in [2.24, 2.45) is 0 Å². The Bertz CT molecular complexity index is 485. The number of hydrogen-bond acceptors (Lipinski definition) is 3. The van der Waals surface area contributed by atoms with E-state index in [1.165, 1.54) is 12.5 Å². The van der Waals surface area contributed by atoms with Gasteiger partial charge in [0.1, 0.15) is 18.2 Å². The minimum Gasteiger partial charge on any atom is -0.485 e. The summed E-state index contributed by atoms with van der Waals surface area (Å²) in [5, 5.41) is 0. The van der Waals surface area contributed by atoms with E-state index in [9.17, 15) is 4.39 Å². The molecule has 5 heteroatoms. The van der Waals surface area contributed by atoms with Crippen molar-refractivity contribution >= 4 is 12.2 Å². The smallest absolute Gasteiger partial charge is 0.181 e. The lowest BCUT2D eigenvalue weighted by molar-refractivity contribution is 0.269. The highest BCUT2D eigenvalue weighted by Crippen LogP contribution is 2.13. The molecule has 17 heavy (non-hydrogen) atoms. The lowest BCUT2D eigenvalue weighted by Gasteiger charge is -2.08. The summed E-state index contributed by atoms with van der Waals surface area (Å²) in [6, 6.07) is 4.90. The predicted octanol–water partition coefficient (Wildman–Crippen LogP) is 2.35. The van der Waals surface area contributed by atoms with Gasteiger partial charge >= 0.3 is 0 Å². The Morgan fingerprint density at radius 1 is 1.41 bits per heavy atom. The molecule has 0 aliphatic rings. The largest absolute Gasteiger partial charge is 0.485 e.